The van der Waals surface area contributed by atoms with Gasteiger partial charge in [0.15, 0.2) is 0 Å². The van der Waals surface area contributed by atoms with Gasteiger partial charge in [0.1, 0.15) is 16.8 Å². The quantitative estimate of drug-likeness (QED) is 0.576. The Labute approximate surface area is 178 Å². The van der Waals surface area contributed by atoms with E-state index in [1.165, 1.54) is 6.07 Å². The number of benzene rings is 1. The van der Waals surface area contributed by atoms with E-state index in [1.807, 2.05) is 12.3 Å². The Morgan fingerprint density at radius 2 is 1.93 bits per heavy atom. The molecule has 1 amide bonds. The highest BCUT2D eigenvalue weighted by atomic mass is 32.2. The topological polar surface area (TPSA) is 123 Å². The molecule has 1 unspecified atom stereocenters. The normalized spacial score (nSPS) is 16.5. The summed E-state index contributed by atoms with van der Waals surface area (Å²) in [5.41, 5.74) is 12.8. The number of anilines is 2. The molecule has 0 saturated carbocycles. The van der Waals surface area contributed by atoms with Gasteiger partial charge in [0.25, 0.3) is 0 Å². The Morgan fingerprint density at radius 3 is 2.57 bits per heavy atom. The number of aromatic nitrogens is 1. The van der Waals surface area contributed by atoms with E-state index >= 15 is 0 Å². The zero-order chi connectivity index (χ0) is 21.9. The van der Waals surface area contributed by atoms with Crippen LogP contribution in [0.25, 0.3) is 0 Å². The summed E-state index contributed by atoms with van der Waals surface area (Å²) in [6.45, 7) is 5.65. The van der Waals surface area contributed by atoms with Crippen LogP contribution in [0.3, 0.4) is 0 Å². The number of amides is 1. The third-order valence-electron chi connectivity index (χ3n) is 5.67. The molecular formula is C21H31N5O3S. The highest BCUT2D eigenvalue weighted by molar-refractivity contribution is 7.89. The summed E-state index contributed by atoms with van der Waals surface area (Å²) >= 11 is 0. The molecule has 1 atom stereocenters. The molecule has 1 aliphatic rings. The standard InChI is InChI=1S/C21H31N5O3S/c1-15-7-11-26(12-8-15)21(27)18(9-13-25-10-3-4-20(25)23)24-30(28,29)19-14-16(2)5-6-17(19)22/h3-6,10,14-15,18,24H,7-9,11-13,22-23H2,1-2H3. The monoisotopic (exact) mass is 433 g/mol. The van der Waals surface area contributed by atoms with E-state index in [9.17, 15) is 13.2 Å². The van der Waals surface area contributed by atoms with Crippen LogP contribution in [0.5, 0.6) is 0 Å². The molecule has 1 aromatic carbocycles. The van der Waals surface area contributed by atoms with Crippen molar-refractivity contribution in [2.24, 2.45) is 5.92 Å². The van der Waals surface area contributed by atoms with Crippen molar-refractivity contribution in [2.45, 2.75) is 50.6 Å². The van der Waals surface area contributed by atoms with Crippen molar-refractivity contribution in [1.29, 1.82) is 0 Å². The fraction of sp³-hybridized carbons (Fsp3) is 0.476. The van der Waals surface area contributed by atoms with Gasteiger partial charge in [0.05, 0.1) is 5.69 Å². The first-order valence-electron chi connectivity index (χ1n) is 10.2. The van der Waals surface area contributed by atoms with Crippen LogP contribution in [-0.2, 0) is 21.4 Å². The molecule has 1 aromatic heterocycles. The summed E-state index contributed by atoms with van der Waals surface area (Å²) in [6, 6.07) is 7.51. The Hall–Kier alpha value is -2.52. The van der Waals surface area contributed by atoms with Gasteiger partial charge in [-0.05, 0) is 61.9 Å². The van der Waals surface area contributed by atoms with Crippen LogP contribution in [-0.4, -0.2) is 42.9 Å². The molecule has 2 heterocycles. The molecule has 164 valence electrons. The second-order valence-corrected chi connectivity index (χ2v) is 9.82. The number of nitrogens with zero attached hydrogens (tertiary/aromatic N) is 2. The number of likely N-dealkylation sites (tertiary alicyclic amines) is 1. The number of carbonyl (C=O) groups is 1. The number of hydrogen-bond donors (Lipinski definition) is 3. The lowest BCUT2D eigenvalue weighted by Crippen LogP contribution is -2.51. The van der Waals surface area contributed by atoms with Crippen LogP contribution in [0.2, 0.25) is 0 Å². The predicted molar refractivity (Wildman–Crippen MR) is 118 cm³/mol. The number of nitrogens with one attached hydrogen (secondary N) is 1. The number of rotatable bonds is 7. The average Bonchev–Trinajstić information content (AvgIpc) is 3.11. The summed E-state index contributed by atoms with van der Waals surface area (Å²) in [6.07, 6.45) is 3.93. The van der Waals surface area contributed by atoms with E-state index in [4.69, 9.17) is 11.5 Å². The van der Waals surface area contributed by atoms with Crippen LogP contribution in [0.1, 0.15) is 31.7 Å². The Balaban J connectivity index is 1.83. The molecule has 9 heteroatoms. The second-order valence-electron chi connectivity index (χ2n) is 8.14. The minimum atomic E-state index is -3.97. The molecule has 5 N–H and O–H groups in total. The van der Waals surface area contributed by atoms with Crippen molar-refractivity contribution in [3.63, 3.8) is 0 Å². The number of hydrogen-bond acceptors (Lipinski definition) is 5. The van der Waals surface area contributed by atoms with Crippen molar-refractivity contribution in [1.82, 2.24) is 14.2 Å². The molecule has 0 bridgehead atoms. The lowest BCUT2D eigenvalue weighted by atomic mass is 9.98. The maximum Gasteiger partial charge on any atom is 0.243 e. The zero-order valence-corrected chi connectivity index (χ0v) is 18.4. The summed E-state index contributed by atoms with van der Waals surface area (Å²) in [5, 5.41) is 0. The van der Waals surface area contributed by atoms with Gasteiger partial charge >= 0.3 is 0 Å². The molecule has 1 fully saturated rings. The van der Waals surface area contributed by atoms with Gasteiger partial charge in [-0.3, -0.25) is 4.79 Å². The number of nitrogen functional groups attached to an aromatic ring is 2. The van der Waals surface area contributed by atoms with E-state index < -0.39 is 16.1 Å². The number of carbonyl (C=O) groups excluding carboxylic acids is 1. The lowest BCUT2D eigenvalue weighted by Gasteiger charge is -2.33. The van der Waals surface area contributed by atoms with Crippen LogP contribution in [0, 0.1) is 12.8 Å². The maximum absolute atomic E-state index is 13.2. The lowest BCUT2D eigenvalue weighted by molar-refractivity contribution is -0.134. The van der Waals surface area contributed by atoms with E-state index in [-0.39, 0.29) is 22.9 Å². The molecule has 0 spiro atoms. The van der Waals surface area contributed by atoms with Gasteiger partial charge < -0.3 is 20.9 Å². The Kier molecular flexibility index (Phi) is 6.72. The summed E-state index contributed by atoms with van der Waals surface area (Å²) < 4.78 is 30.6. The fourth-order valence-electron chi connectivity index (χ4n) is 3.71. The van der Waals surface area contributed by atoms with Crippen molar-refractivity contribution in [3.05, 3.63) is 42.1 Å². The number of nitrogens with two attached hydrogens (primary N) is 2. The van der Waals surface area contributed by atoms with Crippen LogP contribution in [0.15, 0.2) is 41.4 Å². The maximum atomic E-state index is 13.2. The highest BCUT2D eigenvalue weighted by Gasteiger charge is 2.31. The van der Waals surface area contributed by atoms with Gasteiger partial charge in [0.2, 0.25) is 15.9 Å². The first-order valence-corrected chi connectivity index (χ1v) is 11.7. The number of piperidine rings is 1. The summed E-state index contributed by atoms with van der Waals surface area (Å²) in [7, 11) is -3.97. The molecule has 1 aliphatic heterocycles. The third kappa shape index (κ3) is 5.14. The zero-order valence-electron chi connectivity index (χ0n) is 17.5. The first kappa shape index (κ1) is 22.2. The molecular weight excluding hydrogens is 402 g/mol. The average molecular weight is 434 g/mol. The van der Waals surface area contributed by atoms with Gasteiger partial charge in [-0.2, -0.15) is 4.72 Å². The van der Waals surface area contributed by atoms with Gasteiger partial charge in [-0.1, -0.05) is 13.0 Å². The molecule has 30 heavy (non-hydrogen) atoms. The molecule has 0 radical (unpaired) electrons. The minimum absolute atomic E-state index is 0.00644. The predicted octanol–water partition coefficient (Wildman–Crippen LogP) is 1.96. The Bertz CT molecular complexity index is 994. The highest BCUT2D eigenvalue weighted by Crippen LogP contribution is 2.22. The van der Waals surface area contributed by atoms with E-state index in [1.54, 1.807) is 34.6 Å². The first-order chi connectivity index (χ1) is 14.2. The number of aryl methyl sites for hydroxylation is 2. The van der Waals surface area contributed by atoms with Crippen LogP contribution in [0.4, 0.5) is 11.5 Å². The van der Waals surface area contributed by atoms with Crippen molar-refractivity contribution in [2.75, 3.05) is 24.6 Å². The van der Waals surface area contributed by atoms with Gasteiger partial charge in [0, 0.05) is 25.8 Å². The van der Waals surface area contributed by atoms with E-state index in [0.29, 0.717) is 31.4 Å². The fourth-order valence-corrected chi connectivity index (χ4v) is 5.15. The molecule has 2 aromatic rings. The smallest absolute Gasteiger partial charge is 0.243 e. The second kappa shape index (κ2) is 9.09. The largest absolute Gasteiger partial charge is 0.398 e. The van der Waals surface area contributed by atoms with Crippen molar-refractivity contribution >= 4 is 27.4 Å². The Morgan fingerprint density at radius 1 is 1.23 bits per heavy atom. The molecule has 0 aliphatic carbocycles. The van der Waals surface area contributed by atoms with Crippen molar-refractivity contribution < 1.29 is 13.2 Å². The summed E-state index contributed by atoms with van der Waals surface area (Å²) in [5.74, 6) is 0.928. The summed E-state index contributed by atoms with van der Waals surface area (Å²) in [4.78, 5) is 15.0. The van der Waals surface area contributed by atoms with Crippen LogP contribution >= 0.6 is 0 Å². The molecule has 3 rings (SSSR count). The third-order valence-corrected chi connectivity index (χ3v) is 7.20. The SMILES string of the molecule is Cc1ccc(N)c(S(=O)(=O)NC(CCn2cccc2N)C(=O)N2CCC(C)CC2)c1. The number of sulfonamides is 1. The minimum Gasteiger partial charge on any atom is -0.398 e. The van der Waals surface area contributed by atoms with E-state index in [0.717, 1.165) is 18.4 Å². The van der Waals surface area contributed by atoms with Gasteiger partial charge in [-0.25, -0.2) is 8.42 Å². The van der Waals surface area contributed by atoms with E-state index in [2.05, 4.69) is 11.6 Å². The molecule has 8 nitrogen and oxygen atoms in total. The van der Waals surface area contributed by atoms with Crippen LogP contribution < -0.4 is 16.2 Å². The van der Waals surface area contributed by atoms with Gasteiger partial charge in [-0.15, -0.1) is 0 Å². The molecule has 1 saturated heterocycles. The van der Waals surface area contributed by atoms with Crippen molar-refractivity contribution in [3.8, 4) is 0 Å².